The van der Waals surface area contributed by atoms with Gasteiger partial charge < -0.3 is 9.64 Å². The molecule has 0 aliphatic carbocycles. The van der Waals surface area contributed by atoms with Crippen molar-refractivity contribution in [1.29, 1.82) is 0 Å². The van der Waals surface area contributed by atoms with Crippen molar-refractivity contribution in [1.82, 2.24) is 15.2 Å². The molecule has 0 spiro atoms. The Kier molecular flexibility index (Phi) is 6.31. The Bertz CT molecular complexity index is 1420. The Hall–Kier alpha value is -4.73. The van der Waals surface area contributed by atoms with Crippen LogP contribution in [0, 0.1) is 11.6 Å². The Morgan fingerprint density at radius 3 is 2.53 bits per heavy atom. The summed E-state index contributed by atoms with van der Waals surface area (Å²) < 4.78 is 32.2. The summed E-state index contributed by atoms with van der Waals surface area (Å²) in [5, 5.41) is 2.50. The van der Waals surface area contributed by atoms with E-state index in [9.17, 15) is 18.4 Å². The molecule has 3 heterocycles. The molecular weight excluding hydrogens is 468 g/mol. The number of carbonyl (C=O) groups excluding carboxylic acids is 2. The first-order valence-electron chi connectivity index (χ1n) is 11.1. The lowest BCUT2D eigenvalue weighted by Crippen LogP contribution is -2.37. The monoisotopic (exact) mass is 487 g/mol. The van der Waals surface area contributed by atoms with Gasteiger partial charge in [0.05, 0.1) is 17.8 Å². The Labute approximate surface area is 204 Å². The van der Waals surface area contributed by atoms with Crippen LogP contribution in [0.2, 0.25) is 0 Å². The van der Waals surface area contributed by atoms with Crippen molar-refractivity contribution >= 4 is 23.5 Å². The van der Waals surface area contributed by atoms with Crippen LogP contribution in [0.4, 0.5) is 8.78 Å². The molecule has 1 N–H and O–H groups in total. The van der Waals surface area contributed by atoms with Gasteiger partial charge in [-0.05, 0) is 36.4 Å². The van der Waals surface area contributed by atoms with Crippen LogP contribution in [0.5, 0.6) is 11.6 Å². The van der Waals surface area contributed by atoms with E-state index < -0.39 is 17.5 Å². The number of nitrogens with zero attached hydrogens (tertiary/aromatic N) is 4. The highest BCUT2D eigenvalue weighted by atomic mass is 19.2. The Morgan fingerprint density at radius 2 is 1.78 bits per heavy atom. The molecule has 0 fully saturated rings. The number of fused-ring (bicyclic) bond motifs is 1. The van der Waals surface area contributed by atoms with Crippen molar-refractivity contribution in [2.45, 2.75) is 6.42 Å². The lowest BCUT2D eigenvalue weighted by atomic mass is 10.0. The van der Waals surface area contributed by atoms with E-state index in [1.807, 2.05) is 30.3 Å². The number of nitrogens with one attached hydrogen (secondary N) is 1. The highest BCUT2D eigenvalue weighted by Crippen LogP contribution is 2.21. The molecule has 5 rings (SSSR count). The van der Waals surface area contributed by atoms with Crippen LogP contribution < -0.4 is 10.1 Å². The average molecular weight is 487 g/mol. The van der Waals surface area contributed by atoms with E-state index in [1.165, 1.54) is 12.3 Å². The summed E-state index contributed by atoms with van der Waals surface area (Å²) in [6.07, 6.45) is 3.62. The van der Waals surface area contributed by atoms with Gasteiger partial charge in [-0.25, -0.2) is 23.7 Å². The largest absolute Gasteiger partial charge is 0.439 e. The number of aromatic nitrogens is 1. The van der Waals surface area contributed by atoms with E-state index in [-0.39, 0.29) is 24.0 Å². The molecule has 10 heteroatoms. The van der Waals surface area contributed by atoms with Crippen molar-refractivity contribution in [3.05, 3.63) is 101 Å². The fraction of sp³-hybridized carbons (Fsp3) is 0.115. The van der Waals surface area contributed by atoms with Crippen molar-refractivity contribution in [2.24, 2.45) is 9.98 Å². The molecule has 3 aromatic rings. The van der Waals surface area contributed by atoms with Crippen molar-refractivity contribution in [2.75, 3.05) is 13.1 Å². The van der Waals surface area contributed by atoms with Crippen molar-refractivity contribution in [3.8, 4) is 11.6 Å². The van der Waals surface area contributed by atoms with Gasteiger partial charge >= 0.3 is 0 Å². The predicted molar refractivity (Wildman–Crippen MR) is 128 cm³/mol. The van der Waals surface area contributed by atoms with Gasteiger partial charge in [0.1, 0.15) is 5.75 Å². The molecule has 2 aliphatic heterocycles. The lowest BCUT2D eigenvalue weighted by molar-refractivity contribution is 0.0821. The number of para-hydroxylation sites is 1. The van der Waals surface area contributed by atoms with Gasteiger partial charge in [-0.3, -0.25) is 14.9 Å². The molecule has 0 atom stereocenters. The van der Waals surface area contributed by atoms with Crippen LogP contribution in [0.3, 0.4) is 0 Å². The number of halogens is 2. The van der Waals surface area contributed by atoms with Gasteiger partial charge in [0.25, 0.3) is 11.8 Å². The first-order valence-corrected chi connectivity index (χ1v) is 11.1. The van der Waals surface area contributed by atoms with Gasteiger partial charge in [-0.2, -0.15) is 0 Å². The molecule has 0 bridgehead atoms. The summed E-state index contributed by atoms with van der Waals surface area (Å²) in [5.74, 6) is -1.92. The average Bonchev–Trinajstić information content (AvgIpc) is 2.90. The van der Waals surface area contributed by atoms with E-state index >= 15 is 0 Å². The normalized spacial score (nSPS) is 14.7. The molecule has 0 saturated carbocycles. The molecule has 0 radical (unpaired) electrons. The number of ether oxygens (including phenoxy) is 1. The number of aliphatic imine (C=N–C) groups is 2. The third kappa shape index (κ3) is 5.02. The molecule has 36 heavy (non-hydrogen) atoms. The van der Waals surface area contributed by atoms with Crippen LogP contribution in [0.1, 0.15) is 27.1 Å². The zero-order chi connectivity index (χ0) is 25.1. The van der Waals surface area contributed by atoms with Gasteiger partial charge in [0.15, 0.2) is 11.6 Å². The number of carbonyl (C=O) groups is 2. The molecular formula is C26H19F2N5O3. The SMILES string of the molecule is O=C(NC1=NCC2=CN(C(=O)c3ccc(Oc4ccccc4)nc3)CCC2=N1)c1ccc(F)c(F)c1. The number of pyridine rings is 1. The molecule has 180 valence electrons. The molecule has 1 aromatic heterocycles. The van der Waals surface area contributed by atoms with Crippen LogP contribution in [-0.4, -0.2) is 46.5 Å². The molecule has 0 unspecified atom stereocenters. The van der Waals surface area contributed by atoms with Crippen LogP contribution >= 0.6 is 0 Å². The number of hydrogen-bond acceptors (Lipinski definition) is 6. The van der Waals surface area contributed by atoms with Crippen LogP contribution in [0.25, 0.3) is 0 Å². The maximum absolute atomic E-state index is 13.4. The Balaban J connectivity index is 1.22. The maximum Gasteiger partial charge on any atom is 0.259 e. The van der Waals surface area contributed by atoms with Gasteiger partial charge in [0.2, 0.25) is 11.8 Å². The third-order valence-electron chi connectivity index (χ3n) is 5.53. The highest BCUT2D eigenvalue weighted by molar-refractivity contribution is 6.14. The van der Waals surface area contributed by atoms with Gasteiger partial charge in [-0.1, -0.05) is 18.2 Å². The summed E-state index contributed by atoms with van der Waals surface area (Å²) in [6, 6.07) is 15.4. The smallest absolute Gasteiger partial charge is 0.259 e. The van der Waals surface area contributed by atoms with Crippen molar-refractivity contribution in [3.63, 3.8) is 0 Å². The van der Waals surface area contributed by atoms with E-state index in [0.29, 0.717) is 35.9 Å². The van der Waals surface area contributed by atoms with Gasteiger partial charge in [-0.15, -0.1) is 0 Å². The van der Waals surface area contributed by atoms with E-state index in [0.717, 1.165) is 17.7 Å². The van der Waals surface area contributed by atoms with E-state index in [2.05, 4.69) is 20.3 Å². The van der Waals surface area contributed by atoms with Crippen LogP contribution in [0.15, 0.2) is 88.6 Å². The van der Waals surface area contributed by atoms with Gasteiger partial charge in [0, 0.05) is 42.6 Å². The minimum atomic E-state index is -1.12. The fourth-order valence-electron chi connectivity index (χ4n) is 3.68. The highest BCUT2D eigenvalue weighted by Gasteiger charge is 2.25. The van der Waals surface area contributed by atoms with E-state index in [4.69, 9.17) is 4.74 Å². The molecule has 2 amide bonds. The number of amides is 2. The third-order valence-corrected chi connectivity index (χ3v) is 5.53. The number of hydrogen-bond donors (Lipinski definition) is 1. The summed E-state index contributed by atoms with van der Waals surface area (Å²) in [5.41, 5.74) is 1.80. The number of rotatable bonds is 4. The fourth-order valence-corrected chi connectivity index (χ4v) is 3.68. The standard InChI is InChI=1S/C26H19F2N5O3/c27-20-8-6-16(12-21(20)28)24(34)32-26-30-14-18-15-33(11-10-22(18)31-26)25(35)17-7-9-23(29-13-17)36-19-4-2-1-3-5-19/h1-9,12-13,15H,10-11,14H2,(H,30,32,34). The van der Waals surface area contributed by atoms with Crippen molar-refractivity contribution < 1.29 is 23.1 Å². The Morgan fingerprint density at radius 1 is 0.972 bits per heavy atom. The molecule has 2 aliphatic rings. The predicted octanol–water partition coefficient (Wildman–Crippen LogP) is 4.12. The first-order chi connectivity index (χ1) is 17.5. The minimum Gasteiger partial charge on any atom is -0.439 e. The second-order valence-electron chi connectivity index (χ2n) is 7.98. The summed E-state index contributed by atoms with van der Waals surface area (Å²) in [4.78, 5) is 39.7. The second kappa shape index (κ2) is 9.87. The summed E-state index contributed by atoms with van der Waals surface area (Å²) >= 11 is 0. The quantitative estimate of drug-likeness (QED) is 0.599. The zero-order valence-corrected chi connectivity index (χ0v) is 18.8. The van der Waals surface area contributed by atoms with E-state index in [1.54, 1.807) is 23.2 Å². The molecule has 8 nitrogen and oxygen atoms in total. The maximum atomic E-state index is 13.4. The minimum absolute atomic E-state index is 0.0487. The first kappa shape index (κ1) is 23.0. The second-order valence-corrected chi connectivity index (χ2v) is 7.98. The topological polar surface area (TPSA) is 96.2 Å². The van der Waals surface area contributed by atoms with Crippen LogP contribution in [-0.2, 0) is 0 Å². The zero-order valence-electron chi connectivity index (χ0n) is 18.8. The summed E-state index contributed by atoms with van der Waals surface area (Å²) in [6.45, 7) is 0.589. The molecule has 0 saturated heterocycles. The lowest BCUT2D eigenvalue weighted by Gasteiger charge is -2.27. The number of benzene rings is 2. The number of guanidine groups is 1. The summed E-state index contributed by atoms with van der Waals surface area (Å²) in [7, 11) is 0. The molecule has 2 aromatic carbocycles.